The largest absolute Gasteiger partial charge is 0.310 e. The molecule has 16 heavy (non-hydrogen) atoms. The molecule has 0 radical (unpaired) electrons. The van der Waals surface area contributed by atoms with E-state index in [1.54, 1.807) is 0 Å². The van der Waals surface area contributed by atoms with Crippen LogP contribution < -0.4 is 5.32 Å². The molecule has 1 aromatic carbocycles. The van der Waals surface area contributed by atoms with Crippen LogP contribution in [-0.2, 0) is 0 Å². The summed E-state index contributed by atoms with van der Waals surface area (Å²) >= 11 is 5.96. The highest BCUT2D eigenvalue weighted by atomic mass is 35.5. The van der Waals surface area contributed by atoms with Crippen molar-refractivity contribution in [1.29, 1.82) is 0 Å². The van der Waals surface area contributed by atoms with Crippen molar-refractivity contribution in [3.05, 3.63) is 47.0 Å². The lowest BCUT2D eigenvalue weighted by Gasteiger charge is -2.19. The minimum atomic E-state index is 0.356. The van der Waals surface area contributed by atoms with Crippen molar-refractivity contribution < 1.29 is 0 Å². The lowest BCUT2D eigenvalue weighted by atomic mass is 9.98. The van der Waals surface area contributed by atoms with E-state index < -0.39 is 0 Å². The van der Waals surface area contributed by atoms with E-state index in [2.05, 4.69) is 31.8 Å². The summed E-state index contributed by atoms with van der Waals surface area (Å²) in [7, 11) is 0. The smallest absolute Gasteiger partial charge is 0.0408 e. The van der Waals surface area contributed by atoms with E-state index in [1.807, 2.05) is 18.2 Å². The molecule has 1 rings (SSSR count). The van der Waals surface area contributed by atoms with Gasteiger partial charge in [-0.15, -0.1) is 6.58 Å². The molecule has 0 spiro atoms. The molecule has 1 aromatic rings. The number of hydrogen-bond donors (Lipinski definition) is 1. The molecule has 0 aliphatic heterocycles. The van der Waals surface area contributed by atoms with Crippen molar-refractivity contribution in [3.8, 4) is 0 Å². The third-order valence-corrected chi connectivity index (χ3v) is 2.89. The van der Waals surface area contributed by atoms with E-state index in [0.717, 1.165) is 24.4 Å². The second-order valence-electron chi connectivity index (χ2n) is 4.03. The van der Waals surface area contributed by atoms with Gasteiger partial charge in [-0.3, -0.25) is 0 Å². The van der Waals surface area contributed by atoms with Crippen molar-refractivity contribution in [2.75, 3.05) is 6.54 Å². The molecule has 0 fully saturated rings. The van der Waals surface area contributed by atoms with Gasteiger partial charge in [0.2, 0.25) is 0 Å². The van der Waals surface area contributed by atoms with Crippen LogP contribution in [0.4, 0.5) is 0 Å². The van der Waals surface area contributed by atoms with E-state index in [-0.39, 0.29) is 0 Å². The lowest BCUT2D eigenvalue weighted by Crippen LogP contribution is -2.22. The Balaban J connectivity index is 2.86. The number of rotatable bonds is 6. The standard InChI is InChI=1S/C14H20ClN/c1-4-6-14(16-9-5-2)13-8-7-12(15)10-11(13)3/h4,7-8,10,14,16H,1,5-6,9H2,2-3H3. The maximum Gasteiger partial charge on any atom is 0.0408 e. The quantitative estimate of drug-likeness (QED) is 0.729. The highest BCUT2D eigenvalue weighted by Crippen LogP contribution is 2.23. The first kappa shape index (κ1) is 13.3. The Morgan fingerprint density at radius 3 is 2.81 bits per heavy atom. The first-order chi connectivity index (χ1) is 7.69. The Morgan fingerprint density at radius 1 is 1.50 bits per heavy atom. The van der Waals surface area contributed by atoms with E-state index in [9.17, 15) is 0 Å². The Hall–Kier alpha value is -0.790. The van der Waals surface area contributed by atoms with Crippen LogP contribution >= 0.6 is 11.6 Å². The molecule has 0 heterocycles. The van der Waals surface area contributed by atoms with Crippen LogP contribution in [0.5, 0.6) is 0 Å². The average Bonchev–Trinajstić information content (AvgIpc) is 2.25. The summed E-state index contributed by atoms with van der Waals surface area (Å²) in [5, 5.41) is 4.33. The van der Waals surface area contributed by atoms with E-state index in [1.165, 1.54) is 11.1 Å². The van der Waals surface area contributed by atoms with E-state index in [0.29, 0.717) is 6.04 Å². The molecular formula is C14H20ClN. The number of hydrogen-bond acceptors (Lipinski definition) is 1. The van der Waals surface area contributed by atoms with Gasteiger partial charge in [0.1, 0.15) is 0 Å². The number of aryl methyl sites for hydroxylation is 1. The lowest BCUT2D eigenvalue weighted by molar-refractivity contribution is 0.535. The van der Waals surface area contributed by atoms with Crippen LogP contribution in [0.25, 0.3) is 0 Å². The molecule has 1 unspecified atom stereocenters. The van der Waals surface area contributed by atoms with Crippen molar-refractivity contribution in [1.82, 2.24) is 5.32 Å². The Labute approximate surface area is 104 Å². The minimum Gasteiger partial charge on any atom is -0.310 e. The van der Waals surface area contributed by atoms with Gasteiger partial charge in [-0.25, -0.2) is 0 Å². The molecule has 2 heteroatoms. The molecule has 0 aliphatic rings. The van der Waals surface area contributed by atoms with Crippen molar-refractivity contribution in [2.45, 2.75) is 32.7 Å². The molecule has 0 amide bonds. The summed E-state index contributed by atoms with van der Waals surface area (Å²) in [6, 6.07) is 6.43. The van der Waals surface area contributed by atoms with Crippen LogP contribution in [0.3, 0.4) is 0 Å². The van der Waals surface area contributed by atoms with Gasteiger partial charge in [0.05, 0.1) is 0 Å². The Morgan fingerprint density at radius 2 is 2.25 bits per heavy atom. The van der Waals surface area contributed by atoms with E-state index in [4.69, 9.17) is 11.6 Å². The fourth-order valence-corrected chi connectivity index (χ4v) is 2.06. The topological polar surface area (TPSA) is 12.0 Å². The van der Waals surface area contributed by atoms with Crippen LogP contribution in [-0.4, -0.2) is 6.54 Å². The highest BCUT2D eigenvalue weighted by Gasteiger charge is 2.11. The second kappa shape index (κ2) is 6.72. The zero-order chi connectivity index (χ0) is 12.0. The summed E-state index contributed by atoms with van der Waals surface area (Å²) < 4.78 is 0. The number of benzene rings is 1. The summed E-state index contributed by atoms with van der Waals surface area (Å²) in [5.41, 5.74) is 2.56. The second-order valence-corrected chi connectivity index (χ2v) is 4.47. The normalized spacial score (nSPS) is 12.4. The van der Waals surface area contributed by atoms with Gasteiger partial charge in [-0.2, -0.15) is 0 Å². The molecular weight excluding hydrogens is 218 g/mol. The third-order valence-electron chi connectivity index (χ3n) is 2.65. The van der Waals surface area contributed by atoms with Crippen molar-refractivity contribution >= 4 is 11.6 Å². The van der Waals surface area contributed by atoms with Gasteiger partial charge < -0.3 is 5.32 Å². The van der Waals surface area contributed by atoms with Gasteiger partial charge in [0, 0.05) is 11.1 Å². The van der Waals surface area contributed by atoms with Gasteiger partial charge in [-0.05, 0) is 49.6 Å². The first-order valence-electron chi connectivity index (χ1n) is 5.79. The molecule has 88 valence electrons. The predicted octanol–water partition coefficient (Wildman–Crippen LogP) is 4.27. The Kier molecular flexibility index (Phi) is 5.58. The minimum absolute atomic E-state index is 0.356. The molecule has 1 atom stereocenters. The van der Waals surface area contributed by atoms with Crippen LogP contribution in [0, 0.1) is 6.92 Å². The molecule has 0 saturated carbocycles. The third kappa shape index (κ3) is 3.66. The summed E-state index contributed by atoms with van der Waals surface area (Å²) in [5.74, 6) is 0. The van der Waals surface area contributed by atoms with Crippen LogP contribution in [0.2, 0.25) is 5.02 Å². The monoisotopic (exact) mass is 237 g/mol. The number of nitrogens with one attached hydrogen (secondary N) is 1. The summed E-state index contributed by atoms with van der Waals surface area (Å²) in [6.07, 6.45) is 4.05. The molecule has 1 nitrogen and oxygen atoms in total. The van der Waals surface area contributed by atoms with Gasteiger partial charge in [0.15, 0.2) is 0 Å². The fraction of sp³-hybridized carbons (Fsp3) is 0.429. The first-order valence-corrected chi connectivity index (χ1v) is 6.17. The fourth-order valence-electron chi connectivity index (χ4n) is 1.84. The van der Waals surface area contributed by atoms with Gasteiger partial charge in [0.25, 0.3) is 0 Å². The predicted molar refractivity (Wildman–Crippen MR) is 72.0 cm³/mol. The molecule has 1 N–H and O–H groups in total. The summed E-state index contributed by atoms with van der Waals surface area (Å²) in [4.78, 5) is 0. The maximum absolute atomic E-state index is 5.96. The zero-order valence-electron chi connectivity index (χ0n) is 10.1. The van der Waals surface area contributed by atoms with Crippen molar-refractivity contribution in [3.63, 3.8) is 0 Å². The maximum atomic E-state index is 5.96. The number of halogens is 1. The zero-order valence-corrected chi connectivity index (χ0v) is 10.8. The highest BCUT2D eigenvalue weighted by molar-refractivity contribution is 6.30. The molecule has 0 saturated heterocycles. The van der Waals surface area contributed by atoms with Crippen molar-refractivity contribution in [2.24, 2.45) is 0 Å². The van der Waals surface area contributed by atoms with Gasteiger partial charge >= 0.3 is 0 Å². The van der Waals surface area contributed by atoms with Crippen LogP contribution in [0.15, 0.2) is 30.9 Å². The van der Waals surface area contributed by atoms with E-state index >= 15 is 0 Å². The van der Waals surface area contributed by atoms with Crippen LogP contribution in [0.1, 0.15) is 36.9 Å². The molecule has 0 aliphatic carbocycles. The molecule has 0 bridgehead atoms. The SMILES string of the molecule is C=CCC(NCCC)c1ccc(Cl)cc1C. The van der Waals surface area contributed by atoms with Gasteiger partial charge in [-0.1, -0.05) is 30.7 Å². The summed E-state index contributed by atoms with van der Waals surface area (Å²) in [6.45, 7) is 9.12. The Bertz CT molecular complexity index is 347. The molecule has 0 aromatic heterocycles. The average molecular weight is 238 g/mol.